The van der Waals surface area contributed by atoms with Crippen molar-refractivity contribution in [2.75, 3.05) is 13.1 Å². The average molecular weight is 211 g/mol. The molecule has 1 fully saturated rings. The molecule has 15 heavy (non-hydrogen) atoms. The highest BCUT2D eigenvalue weighted by molar-refractivity contribution is 4.96. The number of rotatable bonds is 2. The predicted octanol–water partition coefficient (Wildman–Crippen LogP) is 0.544. The minimum Gasteiger partial charge on any atom is -0.423 e. The molecule has 1 aromatic heterocycles. The Kier molecular flexibility index (Phi) is 2.52. The lowest BCUT2D eigenvalue weighted by atomic mass is 9.97. The summed E-state index contributed by atoms with van der Waals surface area (Å²) in [5.74, 6) is 1.30. The van der Waals surface area contributed by atoms with Crippen molar-refractivity contribution < 1.29 is 9.52 Å². The third-order valence-corrected chi connectivity index (χ3v) is 2.41. The van der Waals surface area contributed by atoms with Gasteiger partial charge in [0.15, 0.2) is 0 Å². The van der Waals surface area contributed by atoms with Gasteiger partial charge in [0.2, 0.25) is 11.8 Å². The fourth-order valence-corrected chi connectivity index (χ4v) is 1.48. The fourth-order valence-electron chi connectivity index (χ4n) is 1.48. The van der Waals surface area contributed by atoms with E-state index in [2.05, 4.69) is 15.1 Å². The van der Waals surface area contributed by atoms with Gasteiger partial charge in [0.05, 0.1) is 12.6 Å². The highest BCUT2D eigenvalue weighted by Crippen LogP contribution is 2.21. The Labute approximate surface area is 89.1 Å². The predicted molar refractivity (Wildman–Crippen MR) is 54.3 cm³/mol. The molecule has 0 aromatic carbocycles. The van der Waals surface area contributed by atoms with Gasteiger partial charge in [0.25, 0.3) is 0 Å². The largest absolute Gasteiger partial charge is 0.423 e. The number of aromatic nitrogens is 2. The molecule has 2 rings (SSSR count). The van der Waals surface area contributed by atoms with Gasteiger partial charge in [-0.2, -0.15) is 0 Å². The zero-order valence-corrected chi connectivity index (χ0v) is 9.40. The molecule has 84 valence electrons. The zero-order valence-electron chi connectivity index (χ0n) is 9.40. The van der Waals surface area contributed by atoms with E-state index in [1.807, 2.05) is 20.8 Å². The van der Waals surface area contributed by atoms with E-state index in [0.29, 0.717) is 31.4 Å². The molecule has 0 aliphatic carbocycles. The van der Waals surface area contributed by atoms with Crippen LogP contribution in [0.5, 0.6) is 0 Å². The molecular formula is C10H17N3O2. The maximum atomic E-state index is 9.12. The van der Waals surface area contributed by atoms with Gasteiger partial charge >= 0.3 is 0 Å². The molecule has 1 N–H and O–H groups in total. The van der Waals surface area contributed by atoms with Gasteiger partial charge in [0, 0.05) is 18.5 Å². The van der Waals surface area contributed by atoms with Crippen molar-refractivity contribution in [3.63, 3.8) is 0 Å². The minimum atomic E-state index is -0.185. The van der Waals surface area contributed by atoms with Crippen LogP contribution in [0.3, 0.4) is 0 Å². The van der Waals surface area contributed by atoms with Crippen molar-refractivity contribution in [3.8, 4) is 0 Å². The molecule has 1 aliphatic heterocycles. The first-order valence-corrected chi connectivity index (χ1v) is 5.18. The van der Waals surface area contributed by atoms with Crippen LogP contribution in [0.2, 0.25) is 0 Å². The third-order valence-electron chi connectivity index (χ3n) is 2.41. The van der Waals surface area contributed by atoms with Crippen LogP contribution in [0.1, 0.15) is 32.6 Å². The van der Waals surface area contributed by atoms with E-state index in [1.165, 1.54) is 0 Å². The number of aliphatic hydroxyl groups excluding tert-OH is 1. The Hall–Kier alpha value is -0.940. The molecule has 1 saturated heterocycles. The summed E-state index contributed by atoms with van der Waals surface area (Å²) in [6.45, 7) is 8.16. The van der Waals surface area contributed by atoms with E-state index < -0.39 is 0 Å². The van der Waals surface area contributed by atoms with Crippen LogP contribution in [0.4, 0.5) is 0 Å². The number of likely N-dealkylation sites (tertiary alicyclic amines) is 1. The summed E-state index contributed by atoms with van der Waals surface area (Å²) in [5, 5.41) is 17.1. The monoisotopic (exact) mass is 211 g/mol. The van der Waals surface area contributed by atoms with E-state index in [9.17, 15) is 0 Å². The topological polar surface area (TPSA) is 62.4 Å². The van der Waals surface area contributed by atoms with E-state index in [1.54, 1.807) is 0 Å². The van der Waals surface area contributed by atoms with Gasteiger partial charge in [-0.25, -0.2) is 0 Å². The second kappa shape index (κ2) is 3.57. The first-order chi connectivity index (χ1) is 6.95. The number of aliphatic hydroxyl groups is 1. The van der Waals surface area contributed by atoms with Crippen molar-refractivity contribution in [2.24, 2.45) is 0 Å². The van der Waals surface area contributed by atoms with Crippen molar-refractivity contribution in [2.45, 2.75) is 38.8 Å². The number of hydrogen-bond acceptors (Lipinski definition) is 5. The Balaban J connectivity index is 1.96. The van der Waals surface area contributed by atoms with E-state index in [-0.39, 0.29) is 11.5 Å². The van der Waals surface area contributed by atoms with Crippen LogP contribution in [-0.4, -0.2) is 39.4 Å². The second-order valence-corrected chi connectivity index (χ2v) is 5.10. The Bertz CT molecular complexity index is 337. The Morgan fingerprint density at radius 2 is 2.07 bits per heavy atom. The molecule has 5 heteroatoms. The standard InChI is InChI=1S/C10H17N3O2/c1-10(2,3)9-12-11-8(15-9)6-13-4-7(14)5-13/h7,14H,4-6H2,1-3H3. The highest BCUT2D eigenvalue weighted by atomic mass is 16.4. The second-order valence-electron chi connectivity index (χ2n) is 5.10. The summed E-state index contributed by atoms with van der Waals surface area (Å²) >= 11 is 0. The van der Waals surface area contributed by atoms with Crippen LogP contribution < -0.4 is 0 Å². The zero-order chi connectivity index (χ0) is 11.1. The summed E-state index contributed by atoms with van der Waals surface area (Å²) in [6, 6.07) is 0. The van der Waals surface area contributed by atoms with Crippen molar-refractivity contribution in [1.29, 1.82) is 0 Å². The third kappa shape index (κ3) is 2.35. The van der Waals surface area contributed by atoms with Crippen molar-refractivity contribution in [3.05, 3.63) is 11.8 Å². The molecule has 1 aromatic rings. The van der Waals surface area contributed by atoms with Crippen LogP contribution in [0.25, 0.3) is 0 Å². The SMILES string of the molecule is CC(C)(C)c1nnc(CN2CC(O)C2)o1. The molecule has 0 bridgehead atoms. The molecule has 5 nitrogen and oxygen atoms in total. The molecule has 1 aliphatic rings. The van der Waals surface area contributed by atoms with Gasteiger partial charge in [-0.05, 0) is 0 Å². The Morgan fingerprint density at radius 1 is 1.40 bits per heavy atom. The highest BCUT2D eigenvalue weighted by Gasteiger charge is 2.27. The summed E-state index contributed by atoms with van der Waals surface area (Å²) in [5.41, 5.74) is -0.0975. The van der Waals surface area contributed by atoms with Crippen molar-refractivity contribution in [1.82, 2.24) is 15.1 Å². The lowest BCUT2D eigenvalue weighted by Gasteiger charge is -2.34. The molecular weight excluding hydrogens is 194 g/mol. The van der Waals surface area contributed by atoms with Crippen LogP contribution in [0.15, 0.2) is 4.42 Å². The lowest BCUT2D eigenvalue weighted by molar-refractivity contribution is -0.00749. The molecule has 0 radical (unpaired) electrons. The summed E-state index contributed by atoms with van der Waals surface area (Å²) in [6.07, 6.45) is -0.185. The molecule has 0 unspecified atom stereocenters. The molecule has 2 heterocycles. The smallest absolute Gasteiger partial charge is 0.230 e. The molecule has 0 amide bonds. The van der Waals surface area contributed by atoms with Crippen LogP contribution >= 0.6 is 0 Å². The number of nitrogens with zero attached hydrogens (tertiary/aromatic N) is 3. The Morgan fingerprint density at radius 3 is 2.53 bits per heavy atom. The average Bonchev–Trinajstić information content (AvgIpc) is 2.49. The van der Waals surface area contributed by atoms with Crippen LogP contribution in [0, 0.1) is 0 Å². The first-order valence-electron chi connectivity index (χ1n) is 5.18. The number of hydrogen-bond donors (Lipinski definition) is 1. The normalized spacial score (nSPS) is 19.2. The van der Waals surface area contributed by atoms with E-state index in [4.69, 9.17) is 9.52 Å². The number of β-amino-alcohol motifs (C(OH)–C–C–N with tert-alkyl or cyclic N) is 1. The van der Waals surface area contributed by atoms with Gasteiger partial charge < -0.3 is 9.52 Å². The maximum absolute atomic E-state index is 9.12. The van der Waals surface area contributed by atoms with Crippen LogP contribution in [-0.2, 0) is 12.0 Å². The van der Waals surface area contributed by atoms with E-state index in [0.717, 1.165) is 0 Å². The molecule has 0 saturated carbocycles. The minimum absolute atomic E-state index is 0.0975. The molecule has 0 spiro atoms. The summed E-state index contributed by atoms with van der Waals surface area (Å²) in [4.78, 5) is 2.07. The van der Waals surface area contributed by atoms with Crippen molar-refractivity contribution >= 4 is 0 Å². The summed E-state index contributed by atoms with van der Waals surface area (Å²) in [7, 11) is 0. The van der Waals surface area contributed by atoms with E-state index >= 15 is 0 Å². The lowest BCUT2D eigenvalue weighted by Crippen LogP contribution is -2.49. The maximum Gasteiger partial charge on any atom is 0.230 e. The first kappa shape index (κ1) is 10.6. The quantitative estimate of drug-likeness (QED) is 0.773. The fraction of sp³-hybridized carbons (Fsp3) is 0.800. The molecule has 0 atom stereocenters. The van der Waals surface area contributed by atoms with Gasteiger partial charge in [-0.1, -0.05) is 20.8 Å². The van der Waals surface area contributed by atoms with Gasteiger partial charge in [-0.3, -0.25) is 4.90 Å². The summed E-state index contributed by atoms with van der Waals surface area (Å²) < 4.78 is 5.54. The van der Waals surface area contributed by atoms with Gasteiger partial charge in [-0.15, -0.1) is 10.2 Å². The van der Waals surface area contributed by atoms with Gasteiger partial charge in [0.1, 0.15) is 0 Å².